The average Bonchev–Trinajstić information content (AvgIpc) is 3.13. The maximum Gasteiger partial charge on any atom is 0.127 e. The van der Waals surface area contributed by atoms with Crippen molar-refractivity contribution >= 4 is 0 Å². The van der Waals surface area contributed by atoms with Gasteiger partial charge in [-0.3, -0.25) is 9.88 Å². The number of hydrogen-bond acceptors (Lipinski definition) is 4. The molecule has 1 saturated heterocycles. The monoisotopic (exact) mass is 388 g/mol. The van der Waals surface area contributed by atoms with Crippen molar-refractivity contribution in [1.82, 2.24) is 9.88 Å². The number of nitrogens with zero attached hydrogens (tertiary/aromatic N) is 2. The number of methoxy groups -OCH3 is 2. The minimum absolute atomic E-state index is 0.268. The highest BCUT2D eigenvalue weighted by Crippen LogP contribution is 2.44. The summed E-state index contributed by atoms with van der Waals surface area (Å²) in [5.74, 6) is 2.41. The molecular formula is C25H28N2O2. The van der Waals surface area contributed by atoms with E-state index in [9.17, 15) is 0 Å². The zero-order chi connectivity index (χ0) is 20.2. The lowest BCUT2D eigenvalue weighted by Gasteiger charge is -2.27. The van der Waals surface area contributed by atoms with Gasteiger partial charge in [0.1, 0.15) is 11.5 Å². The van der Waals surface area contributed by atoms with E-state index in [1.54, 1.807) is 14.2 Å². The lowest BCUT2D eigenvalue weighted by atomic mass is 9.98. The van der Waals surface area contributed by atoms with Gasteiger partial charge in [-0.2, -0.15) is 0 Å². The first kappa shape index (κ1) is 19.5. The Hall–Kier alpha value is -2.85. The number of benzene rings is 2. The number of hydrogen-bond donors (Lipinski definition) is 0. The molecule has 0 spiro atoms. The third kappa shape index (κ3) is 4.13. The lowest BCUT2D eigenvalue weighted by molar-refractivity contribution is 0.234. The standard InChI is InChI=1S/C25H28N2O2/c1-18-14-22(25-23(28-2)10-7-11-24(25)29-3)27(16-18)17-19-12-13-26-21(15-19)20-8-5-4-6-9-20/h4-13,15,18,22H,14,16-17H2,1-3H3. The van der Waals surface area contributed by atoms with Crippen molar-refractivity contribution in [3.05, 3.63) is 78.0 Å². The Balaban J connectivity index is 1.64. The van der Waals surface area contributed by atoms with Gasteiger partial charge >= 0.3 is 0 Å². The number of likely N-dealkylation sites (tertiary alicyclic amines) is 1. The molecule has 1 fully saturated rings. The van der Waals surface area contributed by atoms with Gasteiger partial charge in [0.05, 0.1) is 25.5 Å². The van der Waals surface area contributed by atoms with Gasteiger partial charge in [-0.1, -0.05) is 43.3 Å². The molecule has 4 nitrogen and oxygen atoms in total. The van der Waals surface area contributed by atoms with E-state index < -0.39 is 0 Å². The Morgan fingerprint density at radius 3 is 2.38 bits per heavy atom. The van der Waals surface area contributed by atoms with Crippen LogP contribution in [0.3, 0.4) is 0 Å². The molecule has 0 bridgehead atoms. The van der Waals surface area contributed by atoms with Gasteiger partial charge in [-0.15, -0.1) is 0 Å². The van der Waals surface area contributed by atoms with E-state index in [0.717, 1.165) is 47.8 Å². The van der Waals surface area contributed by atoms with Crippen LogP contribution in [-0.4, -0.2) is 30.6 Å². The molecule has 0 saturated carbocycles. The molecule has 150 valence electrons. The van der Waals surface area contributed by atoms with Gasteiger partial charge in [-0.05, 0) is 42.2 Å². The van der Waals surface area contributed by atoms with E-state index in [4.69, 9.17) is 9.47 Å². The van der Waals surface area contributed by atoms with Crippen molar-refractivity contribution in [2.24, 2.45) is 5.92 Å². The first-order valence-electron chi connectivity index (χ1n) is 10.1. The predicted molar refractivity (Wildman–Crippen MR) is 116 cm³/mol. The summed E-state index contributed by atoms with van der Waals surface area (Å²) in [6.45, 7) is 4.24. The topological polar surface area (TPSA) is 34.6 Å². The molecule has 4 heteroatoms. The second-order valence-corrected chi connectivity index (χ2v) is 7.78. The Morgan fingerprint density at radius 2 is 1.69 bits per heavy atom. The molecular weight excluding hydrogens is 360 g/mol. The van der Waals surface area contributed by atoms with E-state index in [2.05, 4.69) is 53.2 Å². The molecule has 4 rings (SSSR count). The van der Waals surface area contributed by atoms with Crippen LogP contribution < -0.4 is 9.47 Å². The molecule has 2 atom stereocenters. The maximum absolute atomic E-state index is 5.69. The zero-order valence-corrected chi connectivity index (χ0v) is 17.3. The van der Waals surface area contributed by atoms with Crippen molar-refractivity contribution in [1.29, 1.82) is 0 Å². The zero-order valence-electron chi connectivity index (χ0n) is 17.3. The van der Waals surface area contributed by atoms with Crippen molar-refractivity contribution in [2.75, 3.05) is 20.8 Å². The summed E-state index contributed by atoms with van der Waals surface area (Å²) in [5.41, 5.74) is 4.58. The van der Waals surface area contributed by atoms with Crippen molar-refractivity contribution < 1.29 is 9.47 Å². The second kappa shape index (κ2) is 8.66. The molecule has 2 heterocycles. The minimum atomic E-state index is 0.268. The van der Waals surface area contributed by atoms with Crippen molar-refractivity contribution in [3.63, 3.8) is 0 Å². The van der Waals surface area contributed by atoms with E-state index in [-0.39, 0.29) is 6.04 Å². The fourth-order valence-electron chi connectivity index (χ4n) is 4.39. The molecule has 2 aromatic carbocycles. The van der Waals surface area contributed by atoms with Gasteiger partial charge in [0.2, 0.25) is 0 Å². The molecule has 0 N–H and O–H groups in total. The first-order chi connectivity index (χ1) is 14.2. The number of ether oxygens (including phenoxy) is 2. The van der Waals surface area contributed by atoms with E-state index in [0.29, 0.717) is 5.92 Å². The molecule has 3 aromatic rings. The summed E-state index contributed by atoms with van der Waals surface area (Å²) in [5, 5.41) is 0. The van der Waals surface area contributed by atoms with E-state index in [1.807, 2.05) is 30.5 Å². The highest BCUT2D eigenvalue weighted by Gasteiger charge is 2.34. The van der Waals surface area contributed by atoms with E-state index >= 15 is 0 Å². The fourth-order valence-corrected chi connectivity index (χ4v) is 4.39. The van der Waals surface area contributed by atoms with Gasteiger partial charge in [-0.25, -0.2) is 0 Å². The van der Waals surface area contributed by atoms with Gasteiger partial charge in [0.15, 0.2) is 0 Å². The van der Waals surface area contributed by atoms with Crippen LogP contribution in [0.15, 0.2) is 66.9 Å². The Morgan fingerprint density at radius 1 is 0.966 bits per heavy atom. The Bertz CT molecular complexity index is 936. The predicted octanol–water partition coefficient (Wildman–Crippen LogP) is 5.35. The van der Waals surface area contributed by atoms with Crippen LogP contribution in [-0.2, 0) is 6.54 Å². The third-order valence-electron chi connectivity index (χ3n) is 5.69. The van der Waals surface area contributed by atoms with Gasteiger partial charge < -0.3 is 9.47 Å². The van der Waals surface area contributed by atoms with E-state index in [1.165, 1.54) is 5.56 Å². The largest absolute Gasteiger partial charge is 0.496 e. The van der Waals surface area contributed by atoms with Crippen molar-refractivity contribution in [2.45, 2.75) is 25.9 Å². The smallest absolute Gasteiger partial charge is 0.127 e. The fraction of sp³-hybridized carbons (Fsp3) is 0.320. The summed E-state index contributed by atoms with van der Waals surface area (Å²) in [6.07, 6.45) is 3.00. The molecule has 0 radical (unpaired) electrons. The lowest BCUT2D eigenvalue weighted by Crippen LogP contribution is -2.24. The molecule has 0 aliphatic carbocycles. The molecule has 29 heavy (non-hydrogen) atoms. The SMILES string of the molecule is COc1cccc(OC)c1C1CC(C)CN1Cc1ccnc(-c2ccccc2)c1. The summed E-state index contributed by atoms with van der Waals surface area (Å²) in [6, 6.07) is 21.0. The number of pyridine rings is 1. The van der Waals surface area contributed by atoms with Crippen LogP contribution in [0.25, 0.3) is 11.3 Å². The van der Waals surface area contributed by atoms with Crippen LogP contribution in [0.4, 0.5) is 0 Å². The van der Waals surface area contributed by atoms with Crippen molar-refractivity contribution in [3.8, 4) is 22.8 Å². The normalized spacial score (nSPS) is 19.3. The summed E-state index contributed by atoms with van der Waals surface area (Å²) >= 11 is 0. The first-order valence-corrected chi connectivity index (χ1v) is 10.1. The van der Waals surface area contributed by atoms with Crippen LogP contribution in [0.5, 0.6) is 11.5 Å². The highest BCUT2D eigenvalue weighted by molar-refractivity contribution is 5.59. The number of aromatic nitrogens is 1. The second-order valence-electron chi connectivity index (χ2n) is 7.78. The van der Waals surface area contributed by atoms with Crippen LogP contribution in [0.1, 0.15) is 30.5 Å². The average molecular weight is 389 g/mol. The summed E-state index contributed by atoms with van der Waals surface area (Å²) < 4.78 is 11.4. The highest BCUT2D eigenvalue weighted by atomic mass is 16.5. The molecule has 0 amide bonds. The quantitative estimate of drug-likeness (QED) is 0.570. The maximum atomic E-state index is 5.69. The Labute approximate surface area is 173 Å². The number of rotatable bonds is 6. The summed E-state index contributed by atoms with van der Waals surface area (Å²) in [7, 11) is 3.46. The molecule has 2 unspecified atom stereocenters. The Kier molecular flexibility index (Phi) is 5.81. The minimum Gasteiger partial charge on any atom is -0.496 e. The van der Waals surface area contributed by atoms with Crippen LogP contribution >= 0.6 is 0 Å². The molecule has 1 aliphatic heterocycles. The van der Waals surface area contributed by atoms with Gasteiger partial charge in [0.25, 0.3) is 0 Å². The molecule has 1 aromatic heterocycles. The van der Waals surface area contributed by atoms with Crippen LogP contribution in [0.2, 0.25) is 0 Å². The van der Waals surface area contributed by atoms with Crippen LogP contribution in [0, 0.1) is 5.92 Å². The van der Waals surface area contributed by atoms with Gasteiger partial charge in [0, 0.05) is 30.9 Å². The molecule has 1 aliphatic rings. The summed E-state index contributed by atoms with van der Waals surface area (Å²) in [4.78, 5) is 7.11. The third-order valence-corrected chi connectivity index (χ3v) is 5.69.